The second-order valence-electron chi connectivity index (χ2n) is 2.76. The van der Waals surface area contributed by atoms with Gasteiger partial charge in [-0.05, 0) is 0 Å². The second kappa shape index (κ2) is 3.30. The first-order valence-corrected chi connectivity index (χ1v) is 3.51. The van der Waals surface area contributed by atoms with Crippen LogP contribution >= 0.6 is 0 Å². The van der Waals surface area contributed by atoms with Gasteiger partial charge in [0.05, 0.1) is 6.10 Å². The van der Waals surface area contributed by atoms with E-state index in [-0.39, 0.29) is 18.6 Å². The molecule has 0 aromatic rings. The number of aliphatic hydroxyl groups excluding tert-OH is 2. The minimum absolute atomic E-state index is 0.00185. The number of nitrogens with two attached hydrogens (primary N) is 1. The third kappa shape index (κ3) is 1.46. The van der Waals surface area contributed by atoms with Crippen molar-refractivity contribution < 1.29 is 10.2 Å². The van der Waals surface area contributed by atoms with Gasteiger partial charge < -0.3 is 21.3 Å². The van der Waals surface area contributed by atoms with E-state index in [4.69, 9.17) is 10.8 Å². The summed E-state index contributed by atoms with van der Waals surface area (Å²) in [6.07, 6.45) is -0.550. The summed E-state index contributed by atoms with van der Waals surface area (Å²) in [6.45, 7) is 1.30. The number of piperidine rings is 1. The molecule has 60 valence electrons. The zero-order valence-electron chi connectivity index (χ0n) is 5.83. The topological polar surface area (TPSA) is 78.5 Å². The minimum Gasteiger partial charge on any atom is -0.396 e. The fourth-order valence-corrected chi connectivity index (χ4v) is 1.20. The molecule has 0 aromatic heterocycles. The molecule has 4 nitrogen and oxygen atoms in total. The smallest absolute Gasteiger partial charge is 0.0765 e. The van der Waals surface area contributed by atoms with Crippen molar-refractivity contribution in [1.82, 2.24) is 5.32 Å². The Balaban J connectivity index is 2.42. The zero-order chi connectivity index (χ0) is 7.56. The first kappa shape index (κ1) is 7.94. The fraction of sp³-hybridized carbons (Fsp3) is 1.00. The van der Waals surface area contributed by atoms with Gasteiger partial charge in [-0.15, -0.1) is 0 Å². The summed E-state index contributed by atoms with van der Waals surface area (Å²) >= 11 is 0. The lowest BCUT2D eigenvalue weighted by molar-refractivity contribution is 0.0303. The van der Waals surface area contributed by atoms with Crippen molar-refractivity contribution in [3.63, 3.8) is 0 Å². The summed E-state index contributed by atoms with van der Waals surface area (Å²) in [4.78, 5) is 0. The number of aliphatic hydroxyl groups is 2. The van der Waals surface area contributed by atoms with Crippen molar-refractivity contribution in [3.05, 3.63) is 0 Å². The van der Waals surface area contributed by atoms with Crippen LogP contribution in [0.15, 0.2) is 0 Å². The van der Waals surface area contributed by atoms with Crippen LogP contribution in [0.2, 0.25) is 0 Å². The van der Waals surface area contributed by atoms with Crippen LogP contribution < -0.4 is 11.1 Å². The van der Waals surface area contributed by atoms with Crippen molar-refractivity contribution in [2.45, 2.75) is 12.1 Å². The van der Waals surface area contributed by atoms with Gasteiger partial charge in [0, 0.05) is 31.7 Å². The van der Waals surface area contributed by atoms with E-state index in [0.29, 0.717) is 13.1 Å². The molecule has 0 aromatic carbocycles. The summed E-state index contributed by atoms with van der Waals surface area (Å²) in [7, 11) is 0. The summed E-state index contributed by atoms with van der Waals surface area (Å²) in [5.41, 5.74) is 5.52. The molecule has 4 heteroatoms. The van der Waals surface area contributed by atoms with Gasteiger partial charge >= 0.3 is 0 Å². The van der Waals surface area contributed by atoms with Gasteiger partial charge in [0.25, 0.3) is 0 Å². The molecule has 0 saturated carbocycles. The highest BCUT2D eigenvalue weighted by Crippen LogP contribution is 2.08. The average Bonchev–Trinajstić information content (AvgIpc) is 1.95. The highest BCUT2D eigenvalue weighted by atomic mass is 16.3. The van der Waals surface area contributed by atoms with E-state index in [2.05, 4.69) is 5.32 Å². The molecule has 1 saturated heterocycles. The normalized spacial score (nSPS) is 41.7. The average molecular weight is 146 g/mol. The molecule has 0 unspecified atom stereocenters. The molecule has 0 aliphatic carbocycles. The molecule has 1 aliphatic heterocycles. The third-order valence-corrected chi connectivity index (χ3v) is 1.94. The van der Waals surface area contributed by atoms with E-state index in [0.717, 1.165) is 0 Å². The van der Waals surface area contributed by atoms with Crippen LogP contribution in [-0.4, -0.2) is 42.1 Å². The van der Waals surface area contributed by atoms with Gasteiger partial charge in [0.15, 0.2) is 0 Å². The SMILES string of the molecule is N[C@H]1CNC[C@H](CO)[C@H]1O. The van der Waals surface area contributed by atoms with E-state index < -0.39 is 6.10 Å². The summed E-state index contributed by atoms with van der Waals surface area (Å²) in [6, 6.07) is -0.231. The molecule has 10 heavy (non-hydrogen) atoms. The Bertz CT molecular complexity index is 110. The number of hydrogen-bond acceptors (Lipinski definition) is 4. The van der Waals surface area contributed by atoms with Crippen molar-refractivity contribution in [1.29, 1.82) is 0 Å². The van der Waals surface area contributed by atoms with E-state index in [1.807, 2.05) is 0 Å². The van der Waals surface area contributed by atoms with E-state index in [9.17, 15) is 5.11 Å². The lowest BCUT2D eigenvalue weighted by atomic mass is 9.94. The highest BCUT2D eigenvalue weighted by molar-refractivity contribution is 4.86. The summed E-state index contributed by atoms with van der Waals surface area (Å²) in [5.74, 6) is -0.0938. The van der Waals surface area contributed by atoms with Gasteiger partial charge in [0.1, 0.15) is 0 Å². The molecule has 1 aliphatic rings. The maximum Gasteiger partial charge on any atom is 0.0765 e. The zero-order valence-corrected chi connectivity index (χ0v) is 5.83. The van der Waals surface area contributed by atoms with Crippen LogP contribution in [0.3, 0.4) is 0 Å². The van der Waals surface area contributed by atoms with Crippen LogP contribution in [0.5, 0.6) is 0 Å². The number of nitrogens with one attached hydrogen (secondary N) is 1. The van der Waals surface area contributed by atoms with Crippen LogP contribution in [0.4, 0.5) is 0 Å². The molecule has 5 N–H and O–H groups in total. The minimum atomic E-state index is -0.550. The first-order valence-electron chi connectivity index (χ1n) is 3.51. The lowest BCUT2D eigenvalue weighted by Gasteiger charge is -2.31. The van der Waals surface area contributed by atoms with Gasteiger partial charge in [-0.3, -0.25) is 0 Å². The monoisotopic (exact) mass is 146 g/mol. The maximum atomic E-state index is 9.31. The van der Waals surface area contributed by atoms with Gasteiger partial charge in [-0.2, -0.15) is 0 Å². The van der Waals surface area contributed by atoms with Crippen molar-refractivity contribution in [2.24, 2.45) is 11.7 Å². The molecule has 3 atom stereocenters. The molecule has 1 heterocycles. The molecular formula is C6H14N2O2. The molecule has 1 rings (SSSR count). The Hall–Kier alpha value is -0.160. The Labute approximate surface area is 60.0 Å². The number of rotatable bonds is 1. The summed E-state index contributed by atoms with van der Waals surface area (Å²) < 4.78 is 0. The second-order valence-corrected chi connectivity index (χ2v) is 2.76. The third-order valence-electron chi connectivity index (χ3n) is 1.94. The number of hydrogen-bond donors (Lipinski definition) is 4. The van der Waals surface area contributed by atoms with Crippen LogP contribution in [0.25, 0.3) is 0 Å². The first-order chi connectivity index (χ1) is 4.75. The molecule has 1 fully saturated rings. The van der Waals surface area contributed by atoms with Gasteiger partial charge in [-0.1, -0.05) is 0 Å². The molecular weight excluding hydrogens is 132 g/mol. The van der Waals surface area contributed by atoms with Crippen LogP contribution in [0.1, 0.15) is 0 Å². The van der Waals surface area contributed by atoms with E-state index in [1.165, 1.54) is 0 Å². The quantitative estimate of drug-likeness (QED) is 0.341. The lowest BCUT2D eigenvalue weighted by Crippen LogP contribution is -2.55. The van der Waals surface area contributed by atoms with Gasteiger partial charge in [0.2, 0.25) is 0 Å². The van der Waals surface area contributed by atoms with Crippen molar-refractivity contribution in [3.8, 4) is 0 Å². The fourth-order valence-electron chi connectivity index (χ4n) is 1.20. The molecule has 0 radical (unpaired) electrons. The molecule has 0 amide bonds. The van der Waals surface area contributed by atoms with Crippen LogP contribution in [0, 0.1) is 5.92 Å². The van der Waals surface area contributed by atoms with E-state index in [1.54, 1.807) is 0 Å². The largest absolute Gasteiger partial charge is 0.396 e. The van der Waals surface area contributed by atoms with Crippen LogP contribution in [-0.2, 0) is 0 Å². The Morgan fingerprint density at radius 2 is 2.20 bits per heavy atom. The Morgan fingerprint density at radius 3 is 2.70 bits per heavy atom. The summed E-state index contributed by atoms with van der Waals surface area (Å²) in [5, 5.41) is 21.1. The molecule has 0 bridgehead atoms. The van der Waals surface area contributed by atoms with Gasteiger partial charge in [-0.25, -0.2) is 0 Å². The highest BCUT2D eigenvalue weighted by Gasteiger charge is 2.28. The van der Waals surface area contributed by atoms with E-state index >= 15 is 0 Å². The standard InChI is InChI=1S/C6H14N2O2/c7-5-2-8-1-4(3-9)6(5)10/h4-6,8-10H,1-3,7H2/t4-,5+,6-/m1/s1. The predicted molar refractivity (Wildman–Crippen MR) is 37.4 cm³/mol. The molecule has 0 spiro atoms. The maximum absolute atomic E-state index is 9.31. The predicted octanol–water partition coefficient (Wildman–Crippen LogP) is -2.11. The Morgan fingerprint density at radius 1 is 1.50 bits per heavy atom. The van der Waals surface area contributed by atoms with Crippen molar-refractivity contribution >= 4 is 0 Å². The van der Waals surface area contributed by atoms with Crippen molar-refractivity contribution in [2.75, 3.05) is 19.7 Å². The Kier molecular flexibility index (Phi) is 2.62.